The van der Waals surface area contributed by atoms with E-state index in [1.54, 1.807) is 0 Å². The average molecular weight is 289 g/mol. The molecule has 2 heteroatoms. The Morgan fingerprint density at radius 3 is 2.80 bits per heavy atom. The summed E-state index contributed by atoms with van der Waals surface area (Å²) in [5.41, 5.74) is 2.48. The minimum Gasteiger partial charge on any atom is -0.332 e. The van der Waals surface area contributed by atoms with E-state index < -0.39 is 0 Å². The van der Waals surface area contributed by atoms with Crippen LogP contribution < -0.4 is 0 Å². The van der Waals surface area contributed by atoms with Crippen molar-refractivity contribution in [1.29, 1.82) is 0 Å². The lowest BCUT2D eigenvalue weighted by molar-refractivity contribution is -0.0353. The van der Waals surface area contributed by atoms with Gasteiger partial charge in [-0.3, -0.25) is 0 Å². The molecule has 1 unspecified atom stereocenters. The molecule has 1 nitrogen and oxygen atoms in total. The van der Waals surface area contributed by atoms with Gasteiger partial charge in [0.1, 0.15) is 11.5 Å². The lowest BCUT2D eigenvalue weighted by atomic mass is 9.69. The van der Waals surface area contributed by atoms with Crippen molar-refractivity contribution in [2.75, 3.05) is 11.7 Å². The SMILES string of the molecule is CC1(C)[C@@H]2CC[C@]13C[S+](Cc1ccccc1)CO[C@@H]3C2. The number of ether oxygens (including phenoxy) is 1. The topological polar surface area (TPSA) is 9.23 Å². The summed E-state index contributed by atoms with van der Waals surface area (Å²) in [7, 11) is 0.412. The van der Waals surface area contributed by atoms with E-state index in [-0.39, 0.29) is 0 Å². The van der Waals surface area contributed by atoms with Gasteiger partial charge in [-0.1, -0.05) is 44.2 Å². The van der Waals surface area contributed by atoms with E-state index >= 15 is 0 Å². The van der Waals surface area contributed by atoms with Crippen LogP contribution >= 0.6 is 0 Å². The molecule has 0 aromatic heterocycles. The van der Waals surface area contributed by atoms with Gasteiger partial charge in [0.05, 0.1) is 6.10 Å². The van der Waals surface area contributed by atoms with Crippen LogP contribution in [0, 0.1) is 16.7 Å². The second kappa shape index (κ2) is 4.51. The standard InChI is InChI=1S/C18H25OS/c1-17(2)15-8-9-18(17)12-20(13-19-16(18)10-15)11-14-6-4-3-5-7-14/h3-7,15-16H,8-13H2,1-2H3/q+1/t15-,16-,18-,20?/m1/s1. The van der Waals surface area contributed by atoms with Gasteiger partial charge in [0.15, 0.2) is 0 Å². The first-order valence-electron chi connectivity index (χ1n) is 7.91. The minimum absolute atomic E-state index is 0.412. The Balaban J connectivity index is 1.56. The maximum atomic E-state index is 6.36. The highest BCUT2D eigenvalue weighted by Crippen LogP contribution is 2.68. The third-order valence-electron chi connectivity index (χ3n) is 6.47. The zero-order valence-corrected chi connectivity index (χ0v) is 13.4. The lowest BCUT2D eigenvalue weighted by Gasteiger charge is -2.43. The van der Waals surface area contributed by atoms with Crippen molar-refractivity contribution in [2.45, 2.75) is 45.0 Å². The van der Waals surface area contributed by atoms with E-state index in [0.717, 1.165) is 11.9 Å². The van der Waals surface area contributed by atoms with Crippen LogP contribution in [-0.2, 0) is 21.4 Å². The largest absolute Gasteiger partial charge is 0.332 e. The Bertz CT molecular complexity index is 497. The molecule has 0 radical (unpaired) electrons. The van der Waals surface area contributed by atoms with E-state index in [4.69, 9.17) is 4.74 Å². The van der Waals surface area contributed by atoms with E-state index in [1.807, 2.05) is 0 Å². The molecular weight excluding hydrogens is 264 g/mol. The van der Waals surface area contributed by atoms with Crippen molar-refractivity contribution in [3.63, 3.8) is 0 Å². The Morgan fingerprint density at radius 2 is 2.05 bits per heavy atom. The second-order valence-electron chi connectivity index (χ2n) is 7.51. The summed E-state index contributed by atoms with van der Waals surface area (Å²) < 4.78 is 6.36. The summed E-state index contributed by atoms with van der Waals surface area (Å²) in [5, 5.41) is 0. The molecule has 2 saturated carbocycles. The fraction of sp³-hybridized carbons (Fsp3) is 0.667. The van der Waals surface area contributed by atoms with Crippen LogP contribution in [0.4, 0.5) is 0 Å². The Morgan fingerprint density at radius 1 is 1.25 bits per heavy atom. The molecule has 4 rings (SSSR count). The van der Waals surface area contributed by atoms with Crippen molar-refractivity contribution in [1.82, 2.24) is 0 Å². The number of rotatable bonds is 2. The van der Waals surface area contributed by atoms with Gasteiger partial charge in [0.25, 0.3) is 0 Å². The highest BCUT2D eigenvalue weighted by molar-refractivity contribution is 7.96. The molecule has 1 aromatic rings. The quantitative estimate of drug-likeness (QED) is 0.748. The van der Waals surface area contributed by atoms with Gasteiger partial charge in [0.2, 0.25) is 5.94 Å². The molecule has 20 heavy (non-hydrogen) atoms. The number of fused-ring (bicyclic) bond motifs is 1. The predicted molar refractivity (Wildman–Crippen MR) is 85.7 cm³/mol. The van der Waals surface area contributed by atoms with E-state index in [0.29, 0.717) is 27.8 Å². The maximum absolute atomic E-state index is 6.36. The molecule has 1 saturated heterocycles. The Hall–Kier alpha value is -0.470. The summed E-state index contributed by atoms with van der Waals surface area (Å²) in [5.74, 6) is 4.55. The number of hydrogen-bond acceptors (Lipinski definition) is 1. The molecule has 1 aromatic carbocycles. The summed E-state index contributed by atoms with van der Waals surface area (Å²) in [6, 6.07) is 11.0. The monoisotopic (exact) mass is 289 g/mol. The number of hydrogen-bond donors (Lipinski definition) is 0. The Kier molecular flexibility index (Phi) is 2.98. The van der Waals surface area contributed by atoms with Gasteiger partial charge < -0.3 is 4.74 Å². The molecule has 1 aliphatic heterocycles. The first-order valence-corrected chi connectivity index (χ1v) is 9.65. The van der Waals surface area contributed by atoms with Gasteiger partial charge in [-0.05, 0) is 30.6 Å². The van der Waals surface area contributed by atoms with Crippen molar-refractivity contribution in [3.8, 4) is 0 Å². The fourth-order valence-electron chi connectivity index (χ4n) is 5.06. The second-order valence-corrected chi connectivity index (χ2v) is 9.55. The minimum atomic E-state index is 0.412. The van der Waals surface area contributed by atoms with Gasteiger partial charge in [-0.2, -0.15) is 0 Å². The third kappa shape index (κ3) is 1.74. The average Bonchev–Trinajstić information content (AvgIpc) is 2.82. The summed E-state index contributed by atoms with van der Waals surface area (Å²) >= 11 is 0. The molecule has 2 bridgehead atoms. The molecule has 3 aliphatic rings. The van der Waals surface area contributed by atoms with Gasteiger partial charge in [-0.25, -0.2) is 0 Å². The van der Waals surface area contributed by atoms with E-state index in [9.17, 15) is 0 Å². The number of benzene rings is 1. The van der Waals surface area contributed by atoms with Crippen LogP contribution in [0.1, 0.15) is 38.7 Å². The molecular formula is C18H25OS+. The highest BCUT2D eigenvalue weighted by atomic mass is 32.2. The normalized spacial score (nSPS) is 41.6. The van der Waals surface area contributed by atoms with Crippen LogP contribution in [-0.4, -0.2) is 17.8 Å². The lowest BCUT2D eigenvalue weighted by Crippen LogP contribution is -2.50. The smallest absolute Gasteiger partial charge is 0.208 e. The first-order chi connectivity index (χ1) is 9.62. The molecule has 0 amide bonds. The zero-order valence-electron chi connectivity index (χ0n) is 12.6. The molecule has 4 atom stereocenters. The van der Waals surface area contributed by atoms with Crippen molar-refractivity contribution in [2.24, 2.45) is 16.7 Å². The van der Waals surface area contributed by atoms with Crippen LogP contribution in [0.2, 0.25) is 0 Å². The van der Waals surface area contributed by atoms with Crippen molar-refractivity contribution >= 4 is 10.9 Å². The molecule has 0 N–H and O–H groups in total. The van der Waals surface area contributed by atoms with Crippen molar-refractivity contribution in [3.05, 3.63) is 35.9 Å². The molecule has 1 heterocycles. The summed E-state index contributed by atoms with van der Waals surface area (Å²) in [6.45, 7) is 5.03. The summed E-state index contributed by atoms with van der Waals surface area (Å²) in [4.78, 5) is 0. The van der Waals surface area contributed by atoms with Crippen LogP contribution in [0.25, 0.3) is 0 Å². The predicted octanol–water partition coefficient (Wildman–Crippen LogP) is 3.99. The molecule has 3 fully saturated rings. The van der Waals surface area contributed by atoms with Gasteiger partial charge >= 0.3 is 0 Å². The molecule has 2 aliphatic carbocycles. The summed E-state index contributed by atoms with van der Waals surface area (Å²) in [6.07, 6.45) is 4.74. The van der Waals surface area contributed by atoms with Crippen molar-refractivity contribution < 1.29 is 4.74 Å². The van der Waals surface area contributed by atoms with E-state index in [2.05, 4.69) is 44.2 Å². The van der Waals surface area contributed by atoms with Crippen LogP contribution in [0.3, 0.4) is 0 Å². The zero-order chi connectivity index (χ0) is 13.8. The highest BCUT2D eigenvalue weighted by Gasteiger charge is 2.68. The van der Waals surface area contributed by atoms with Gasteiger partial charge in [0, 0.05) is 21.9 Å². The fourth-order valence-corrected chi connectivity index (χ4v) is 7.78. The molecule has 1 spiro atoms. The van der Waals surface area contributed by atoms with Gasteiger partial charge in [-0.15, -0.1) is 0 Å². The Labute approximate surface area is 125 Å². The van der Waals surface area contributed by atoms with Crippen LogP contribution in [0.5, 0.6) is 0 Å². The third-order valence-corrected chi connectivity index (χ3v) is 8.60. The van der Waals surface area contributed by atoms with Crippen LogP contribution in [0.15, 0.2) is 30.3 Å². The maximum Gasteiger partial charge on any atom is 0.208 e. The first kappa shape index (κ1) is 13.2. The van der Waals surface area contributed by atoms with E-state index in [1.165, 1.54) is 36.3 Å². The molecule has 108 valence electrons.